The molecule has 1 saturated heterocycles. The van der Waals surface area contributed by atoms with E-state index in [9.17, 15) is 21.6 Å². The van der Waals surface area contributed by atoms with Crippen molar-refractivity contribution in [2.75, 3.05) is 38.3 Å². The Labute approximate surface area is 167 Å². The molecule has 1 aliphatic rings. The van der Waals surface area contributed by atoms with E-state index in [1.807, 2.05) is 24.3 Å². The zero-order valence-corrected chi connectivity index (χ0v) is 16.5. The molecule has 2 aromatic carbocycles. The lowest BCUT2D eigenvalue weighted by atomic mass is 10.1. The van der Waals surface area contributed by atoms with Gasteiger partial charge in [-0.25, -0.2) is 8.42 Å². The van der Waals surface area contributed by atoms with E-state index in [0.29, 0.717) is 26.3 Å². The predicted octanol–water partition coefficient (Wildman–Crippen LogP) is 3.24. The second kappa shape index (κ2) is 8.60. The Morgan fingerprint density at radius 3 is 2.48 bits per heavy atom. The van der Waals surface area contributed by atoms with E-state index in [0.717, 1.165) is 27.7 Å². The molecule has 6 nitrogen and oxygen atoms in total. The smallest absolute Gasteiger partial charge is 0.406 e. The number of anilines is 1. The maximum absolute atomic E-state index is 12.9. The number of rotatable bonds is 6. The van der Waals surface area contributed by atoms with Crippen LogP contribution in [0.3, 0.4) is 0 Å². The fraction of sp³-hybridized carbons (Fsp3) is 0.368. The van der Waals surface area contributed by atoms with E-state index in [1.165, 1.54) is 19.2 Å². The van der Waals surface area contributed by atoms with Crippen molar-refractivity contribution in [3.05, 3.63) is 54.1 Å². The molecular weight excluding hydrogens is 409 g/mol. The number of sulfonamides is 1. The number of benzene rings is 2. The van der Waals surface area contributed by atoms with Crippen LogP contribution in [0, 0.1) is 0 Å². The molecule has 0 radical (unpaired) electrons. The Morgan fingerprint density at radius 2 is 1.79 bits per heavy atom. The number of para-hydroxylation sites is 1. The third-order valence-electron chi connectivity index (χ3n) is 4.48. The summed E-state index contributed by atoms with van der Waals surface area (Å²) >= 11 is 0. The Balaban J connectivity index is 1.82. The average Bonchev–Trinajstić information content (AvgIpc) is 2.68. The van der Waals surface area contributed by atoms with Crippen LogP contribution >= 0.6 is 0 Å². The summed E-state index contributed by atoms with van der Waals surface area (Å²) in [6.45, 7) is 2.65. The van der Waals surface area contributed by atoms with Gasteiger partial charge in [-0.05, 0) is 23.8 Å². The van der Waals surface area contributed by atoms with Crippen molar-refractivity contribution in [1.82, 2.24) is 4.31 Å². The minimum Gasteiger partial charge on any atom is -0.406 e. The molecule has 0 spiro atoms. The molecule has 1 aliphatic heterocycles. The number of nitrogens with zero attached hydrogens (tertiary/aromatic N) is 2. The molecule has 0 unspecified atom stereocenters. The van der Waals surface area contributed by atoms with Crippen LogP contribution in [-0.4, -0.2) is 52.4 Å². The van der Waals surface area contributed by atoms with Crippen LogP contribution in [0.2, 0.25) is 0 Å². The lowest BCUT2D eigenvalue weighted by molar-refractivity contribution is -0.274. The van der Waals surface area contributed by atoms with E-state index in [4.69, 9.17) is 4.74 Å². The van der Waals surface area contributed by atoms with Crippen molar-refractivity contribution in [2.45, 2.75) is 17.8 Å². The minimum absolute atomic E-state index is 0.0697. The average molecular weight is 430 g/mol. The molecule has 0 bridgehead atoms. The van der Waals surface area contributed by atoms with Gasteiger partial charge in [0, 0.05) is 38.4 Å². The largest absolute Gasteiger partial charge is 0.573 e. The van der Waals surface area contributed by atoms with E-state index >= 15 is 0 Å². The third kappa shape index (κ3) is 5.40. The molecule has 1 fully saturated rings. The van der Waals surface area contributed by atoms with Gasteiger partial charge in [-0.1, -0.05) is 24.3 Å². The van der Waals surface area contributed by atoms with Gasteiger partial charge in [0.05, 0.1) is 18.1 Å². The minimum atomic E-state index is -4.90. The first kappa shape index (κ1) is 21.4. The number of halogens is 3. The van der Waals surface area contributed by atoms with Gasteiger partial charge in [0.1, 0.15) is 5.75 Å². The topological polar surface area (TPSA) is 59.1 Å². The first-order valence-corrected chi connectivity index (χ1v) is 10.3. The summed E-state index contributed by atoms with van der Waals surface area (Å²) in [5.74, 6) is -0.583. The van der Waals surface area contributed by atoms with Crippen molar-refractivity contribution in [1.29, 1.82) is 0 Å². The van der Waals surface area contributed by atoms with E-state index in [2.05, 4.69) is 9.64 Å². The van der Waals surface area contributed by atoms with Crippen LogP contribution in [0.4, 0.5) is 18.9 Å². The first-order chi connectivity index (χ1) is 13.7. The van der Waals surface area contributed by atoms with Crippen LogP contribution in [-0.2, 0) is 21.3 Å². The molecule has 0 aliphatic carbocycles. The van der Waals surface area contributed by atoms with E-state index in [1.54, 1.807) is 0 Å². The van der Waals surface area contributed by atoms with Crippen molar-refractivity contribution < 1.29 is 31.1 Å². The molecule has 0 atom stereocenters. The maximum Gasteiger partial charge on any atom is 0.573 e. The maximum atomic E-state index is 12.9. The van der Waals surface area contributed by atoms with Crippen molar-refractivity contribution in [3.8, 4) is 5.75 Å². The summed E-state index contributed by atoms with van der Waals surface area (Å²) in [6.07, 6.45) is -4.90. The molecule has 0 aromatic heterocycles. The molecule has 1 heterocycles. The monoisotopic (exact) mass is 430 g/mol. The van der Waals surface area contributed by atoms with Gasteiger partial charge >= 0.3 is 6.36 Å². The predicted molar refractivity (Wildman–Crippen MR) is 101 cm³/mol. The zero-order chi connectivity index (χ0) is 21.1. The summed E-state index contributed by atoms with van der Waals surface area (Å²) in [6, 6.07) is 11.8. The lowest BCUT2D eigenvalue weighted by Crippen LogP contribution is -2.37. The van der Waals surface area contributed by atoms with Crippen LogP contribution in [0.5, 0.6) is 5.75 Å². The Morgan fingerprint density at radius 1 is 1.10 bits per heavy atom. The highest BCUT2D eigenvalue weighted by molar-refractivity contribution is 7.89. The quantitative estimate of drug-likeness (QED) is 0.704. The third-order valence-corrected chi connectivity index (χ3v) is 6.28. The SMILES string of the molecule is CN(Cc1ccccc1N1CCOCC1)S(=O)(=O)c1cccc(OC(F)(F)F)c1. The van der Waals surface area contributed by atoms with Gasteiger partial charge in [0.25, 0.3) is 0 Å². The van der Waals surface area contributed by atoms with Crippen LogP contribution in [0.1, 0.15) is 5.56 Å². The molecule has 29 heavy (non-hydrogen) atoms. The highest BCUT2D eigenvalue weighted by Crippen LogP contribution is 2.28. The molecule has 0 N–H and O–H groups in total. The van der Waals surface area contributed by atoms with Gasteiger partial charge < -0.3 is 14.4 Å². The normalized spacial score (nSPS) is 15.6. The Hall–Kier alpha value is -2.30. The summed E-state index contributed by atoms with van der Waals surface area (Å²) in [5, 5.41) is 0. The molecule has 158 valence electrons. The standard InChI is InChI=1S/C19H21F3N2O4S/c1-23(14-15-5-2-3-8-18(15)24-9-11-27-12-10-24)29(25,26)17-7-4-6-16(13-17)28-19(20,21)22/h2-8,13H,9-12,14H2,1H3. The summed E-state index contributed by atoms with van der Waals surface area (Å²) in [7, 11) is -2.63. The highest BCUT2D eigenvalue weighted by atomic mass is 32.2. The van der Waals surface area contributed by atoms with Gasteiger partial charge in [-0.2, -0.15) is 4.31 Å². The highest BCUT2D eigenvalue weighted by Gasteiger charge is 2.32. The lowest BCUT2D eigenvalue weighted by Gasteiger charge is -2.31. The molecule has 0 saturated carbocycles. The van der Waals surface area contributed by atoms with Gasteiger partial charge in [0.15, 0.2) is 0 Å². The Bertz CT molecular complexity index is 944. The van der Waals surface area contributed by atoms with Gasteiger partial charge in [-0.3, -0.25) is 0 Å². The Kier molecular flexibility index (Phi) is 6.35. The molecule has 10 heteroatoms. The van der Waals surface area contributed by atoms with Crippen LogP contribution in [0.25, 0.3) is 0 Å². The van der Waals surface area contributed by atoms with Crippen molar-refractivity contribution >= 4 is 15.7 Å². The number of ether oxygens (including phenoxy) is 2. The second-order valence-corrected chi connectivity index (χ2v) is 8.56. The van der Waals surface area contributed by atoms with Gasteiger partial charge in [0.2, 0.25) is 10.0 Å². The van der Waals surface area contributed by atoms with Gasteiger partial charge in [-0.15, -0.1) is 13.2 Å². The second-order valence-electron chi connectivity index (χ2n) is 6.51. The fourth-order valence-corrected chi connectivity index (χ4v) is 4.28. The molecular formula is C19H21F3N2O4S. The summed E-state index contributed by atoms with van der Waals surface area (Å²) < 4.78 is 73.4. The number of alkyl halides is 3. The summed E-state index contributed by atoms with van der Waals surface area (Å²) in [5.41, 5.74) is 1.70. The van der Waals surface area contributed by atoms with Crippen LogP contribution in [0.15, 0.2) is 53.4 Å². The van der Waals surface area contributed by atoms with Crippen molar-refractivity contribution in [3.63, 3.8) is 0 Å². The molecule has 2 aromatic rings. The molecule has 0 amide bonds. The zero-order valence-electron chi connectivity index (χ0n) is 15.7. The van der Waals surface area contributed by atoms with Crippen molar-refractivity contribution in [2.24, 2.45) is 0 Å². The fourth-order valence-electron chi connectivity index (χ4n) is 3.09. The number of hydrogen-bond donors (Lipinski definition) is 0. The van der Waals surface area contributed by atoms with E-state index < -0.39 is 22.1 Å². The number of morpholine rings is 1. The van der Waals surface area contributed by atoms with Crippen LogP contribution < -0.4 is 9.64 Å². The first-order valence-electron chi connectivity index (χ1n) is 8.89. The number of hydrogen-bond acceptors (Lipinski definition) is 5. The summed E-state index contributed by atoms with van der Waals surface area (Å²) in [4.78, 5) is 1.85. The molecule has 3 rings (SSSR count). The van der Waals surface area contributed by atoms with E-state index in [-0.39, 0.29) is 11.4 Å².